The lowest BCUT2D eigenvalue weighted by Crippen LogP contribution is -2.35. The average Bonchev–Trinajstić information content (AvgIpc) is 2.62. The largest absolute Gasteiger partial charge is 0.469 e. The quantitative estimate of drug-likeness (QED) is 0.746. The number of ether oxygens (including phenoxy) is 1. The third-order valence-electron chi connectivity index (χ3n) is 4.82. The van der Waals surface area contributed by atoms with Gasteiger partial charge in [-0.3, -0.25) is 0 Å². The minimum Gasteiger partial charge on any atom is -0.469 e. The van der Waals surface area contributed by atoms with Crippen LogP contribution in [0.3, 0.4) is 0 Å². The zero-order valence-electron chi connectivity index (χ0n) is 17.2. The monoisotopic (exact) mass is 365 g/mol. The third-order valence-corrected chi connectivity index (χ3v) is 4.82. The first-order chi connectivity index (χ1) is 12.8. The molecule has 4 heteroatoms. The number of allylic oxidation sites excluding steroid dienone is 1. The van der Waals surface area contributed by atoms with Crippen molar-refractivity contribution in [3.8, 4) is 5.88 Å². The van der Waals surface area contributed by atoms with E-state index in [0.717, 1.165) is 37.4 Å². The van der Waals surface area contributed by atoms with E-state index >= 15 is 0 Å². The Morgan fingerprint density at radius 2 is 1.81 bits per heavy atom. The summed E-state index contributed by atoms with van der Waals surface area (Å²) in [6.07, 6.45) is 8.66. The summed E-state index contributed by atoms with van der Waals surface area (Å²) in [5.41, 5.74) is 3.27. The van der Waals surface area contributed by atoms with Gasteiger partial charge in [-0.05, 0) is 64.5 Å². The van der Waals surface area contributed by atoms with Gasteiger partial charge in [0.1, 0.15) is 5.60 Å². The molecule has 0 unspecified atom stereocenters. The number of nitrogens with zero attached hydrogens (tertiary/aromatic N) is 3. The molecule has 0 bridgehead atoms. The van der Waals surface area contributed by atoms with Crippen molar-refractivity contribution in [3.63, 3.8) is 0 Å². The predicted octanol–water partition coefficient (Wildman–Crippen LogP) is 5.20. The van der Waals surface area contributed by atoms with Crippen molar-refractivity contribution >= 4 is 11.9 Å². The molecule has 0 aliphatic carbocycles. The number of rotatable bonds is 4. The van der Waals surface area contributed by atoms with Gasteiger partial charge in [0.25, 0.3) is 5.88 Å². The normalized spacial score (nSPS) is 16.1. The first-order valence-electron chi connectivity index (χ1n) is 9.83. The van der Waals surface area contributed by atoms with E-state index in [-0.39, 0.29) is 5.60 Å². The van der Waals surface area contributed by atoms with Crippen molar-refractivity contribution in [2.24, 2.45) is 5.92 Å². The van der Waals surface area contributed by atoms with Crippen molar-refractivity contribution in [1.29, 1.82) is 0 Å². The predicted molar refractivity (Wildman–Crippen MR) is 112 cm³/mol. The molecule has 0 atom stereocenters. The van der Waals surface area contributed by atoms with E-state index in [2.05, 4.69) is 53.2 Å². The summed E-state index contributed by atoms with van der Waals surface area (Å²) < 4.78 is 6.06. The fraction of sp³-hybridized carbons (Fsp3) is 0.478. The second-order valence-electron chi connectivity index (χ2n) is 8.39. The molecule has 144 valence electrons. The topological polar surface area (TPSA) is 38.2 Å². The summed E-state index contributed by atoms with van der Waals surface area (Å²) in [5, 5.41) is 0. The summed E-state index contributed by atoms with van der Waals surface area (Å²) in [6.45, 7) is 12.2. The van der Waals surface area contributed by atoms with Gasteiger partial charge >= 0.3 is 0 Å². The highest BCUT2D eigenvalue weighted by atomic mass is 16.5. The molecule has 27 heavy (non-hydrogen) atoms. The molecule has 0 radical (unpaired) electrons. The second kappa shape index (κ2) is 8.12. The van der Waals surface area contributed by atoms with E-state index in [1.165, 1.54) is 11.1 Å². The van der Waals surface area contributed by atoms with Gasteiger partial charge in [0.2, 0.25) is 0 Å². The standard InChI is InChI=1S/C23H31N3O/c1-17-8-6-7-9-20(17)11-10-19-12-14-26(15-13-19)21-22(27-23(3,4)5)24-16-18(2)25-21/h6-11,16,19H,12-15H2,1-5H3/b11-10+. The zero-order chi connectivity index (χ0) is 19.4. The lowest BCUT2D eigenvalue weighted by molar-refractivity contribution is 0.124. The number of anilines is 1. The molecular formula is C23H31N3O. The van der Waals surface area contributed by atoms with Gasteiger partial charge < -0.3 is 9.64 Å². The van der Waals surface area contributed by atoms with Crippen LogP contribution in [-0.4, -0.2) is 28.7 Å². The Labute approximate surface area is 163 Å². The van der Waals surface area contributed by atoms with E-state index in [0.29, 0.717) is 11.8 Å². The molecule has 0 amide bonds. The molecule has 1 fully saturated rings. The van der Waals surface area contributed by atoms with Crippen LogP contribution < -0.4 is 9.64 Å². The van der Waals surface area contributed by atoms with Crippen LogP contribution in [0.15, 0.2) is 36.5 Å². The van der Waals surface area contributed by atoms with E-state index in [1.54, 1.807) is 6.20 Å². The molecule has 0 saturated carbocycles. The maximum atomic E-state index is 6.06. The van der Waals surface area contributed by atoms with Gasteiger partial charge in [-0.1, -0.05) is 36.4 Å². The summed E-state index contributed by atoms with van der Waals surface area (Å²) in [4.78, 5) is 11.6. The van der Waals surface area contributed by atoms with Gasteiger partial charge in [0, 0.05) is 13.1 Å². The number of hydrogen-bond acceptors (Lipinski definition) is 4. The first-order valence-corrected chi connectivity index (χ1v) is 9.83. The maximum Gasteiger partial charge on any atom is 0.258 e. The van der Waals surface area contributed by atoms with Crippen LogP contribution in [0.2, 0.25) is 0 Å². The Hall–Kier alpha value is -2.36. The van der Waals surface area contributed by atoms with Crippen LogP contribution in [0.1, 0.15) is 50.4 Å². The molecule has 2 aromatic rings. The molecule has 1 aromatic heterocycles. The van der Waals surface area contributed by atoms with Crippen LogP contribution in [0.25, 0.3) is 6.08 Å². The van der Waals surface area contributed by atoms with Crippen molar-refractivity contribution in [3.05, 3.63) is 53.4 Å². The molecular weight excluding hydrogens is 334 g/mol. The zero-order valence-corrected chi connectivity index (χ0v) is 17.2. The molecule has 1 aromatic carbocycles. The van der Waals surface area contributed by atoms with E-state index < -0.39 is 0 Å². The van der Waals surface area contributed by atoms with Crippen LogP contribution in [-0.2, 0) is 0 Å². The highest BCUT2D eigenvalue weighted by molar-refractivity contribution is 5.54. The fourth-order valence-corrected chi connectivity index (χ4v) is 3.34. The summed E-state index contributed by atoms with van der Waals surface area (Å²) in [7, 11) is 0. The lowest BCUT2D eigenvalue weighted by Gasteiger charge is -2.33. The third kappa shape index (κ3) is 5.31. The van der Waals surface area contributed by atoms with E-state index in [9.17, 15) is 0 Å². The molecule has 1 saturated heterocycles. The van der Waals surface area contributed by atoms with Crippen LogP contribution >= 0.6 is 0 Å². The number of benzene rings is 1. The Balaban J connectivity index is 1.67. The van der Waals surface area contributed by atoms with Gasteiger partial charge in [-0.25, -0.2) is 9.97 Å². The molecule has 2 heterocycles. The summed E-state index contributed by atoms with van der Waals surface area (Å²) in [5.74, 6) is 2.12. The number of hydrogen-bond donors (Lipinski definition) is 0. The minimum atomic E-state index is -0.284. The van der Waals surface area contributed by atoms with E-state index in [4.69, 9.17) is 9.72 Å². The maximum absolute atomic E-state index is 6.06. The van der Waals surface area contributed by atoms with Gasteiger partial charge in [0.05, 0.1) is 11.9 Å². The smallest absolute Gasteiger partial charge is 0.258 e. The highest BCUT2D eigenvalue weighted by Gasteiger charge is 2.24. The summed E-state index contributed by atoms with van der Waals surface area (Å²) >= 11 is 0. The number of aromatic nitrogens is 2. The summed E-state index contributed by atoms with van der Waals surface area (Å²) in [6, 6.07) is 8.53. The van der Waals surface area contributed by atoms with Gasteiger partial charge in [-0.15, -0.1) is 0 Å². The molecule has 1 aliphatic heterocycles. The molecule has 0 N–H and O–H groups in total. The molecule has 0 spiro atoms. The van der Waals surface area contributed by atoms with Gasteiger partial charge in [0.15, 0.2) is 5.82 Å². The average molecular weight is 366 g/mol. The molecule has 1 aliphatic rings. The van der Waals surface area contributed by atoms with Crippen LogP contribution in [0.5, 0.6) is 5.88 Å². The fourth-order valence-electron chi connectivity index (χ4n) is 3.34. The highest BCUT2D eigenvalue weighted by Crippen LogP contribution is 2.31. The van der Waals surface area contributed by atoms with Crippen molar-refractivity contribution in [2.75, 3.05) is 18.0 Å². The van der Waals surface area contributed by atoms with Crippen molar-refractivity contribution in [1.82, 2.24) is 9.97 Å². The first kappa shape index (κ1) is 19.4. The Kier molecular flexibility index (Phi) is 5.83. The van der Waals surface area contributed by atoms with Gasteiger partial charge in [-0.2, -0.15) is 0 Å². The molecule has 3 rings (SSSR count). The van der Waals surface area contributed by atoms with Crippen LogP contribution in [0.4, 0.5) is 5.82 Å². The Morgan fingerprint density at radius 1 is 1.11 bits per heavy atom. The minimum absolute atomic E-state index is 0.284. The van der Waals surface area contributed by atoms with Crippen LogP contribution in [0, 0.1) is 19.8 Å². The Bertz CT molecular complexity index is 800. The second-order valence-corrected chi connectivity index (χ2v) is 8.39. The number of piperidine rings is 1. The van der Waals surface area contributed by atoms with Crippen molar-refractivity contribution < 1.29 is 4.74 Å². The Morgan fingerprint density at radius 3 is 2.48 bits per heavy atom. The van der Waals surface area contributed by atoms with Crippen molar-refractivity contribution in [2.45, 2.75) is 53.1 Å². The lowest BCUT2D eigenvalue weighted by atomic mass is 9.95. The number of aryl methyl sites for hydroxylation is 2. The molecule has 4 nitrogen and oxygen atoms in total. The van der Waals surface area contributed by atoms with E-state index in [1.807, 2.05) is 27.7 Å². The SMILES string of the molecule is Cc1cnc(OC(C)(C)C)c(N2CCC(/C=C/c3ccccc3C)CC2)n1.